The van der Waals surface area contributed by atoms with Crippen LogP contribution in [0.4, 0.5) is 0 Å². The Hall–Kier alpha value is -2.68. The molecule has 0 spiro atoms. The zero-order valence-electron chi connectivity index (χ0n) is 18.9. The van der Waals surface area contributed by atoms with Crippen LogP contribution in [0.1, 0.15) is 56.8 Å². The summed E-state index contributed by atoms with van der Waals surface area (Å²) in [5.74, 6) is 0.416. The number of carbonyl (C=O) groups is 1. The molecule has 0 amide bonds. The topological polar surface area (TPSA) is 88.1 Å². The van der Waals surface area contributed by atoms with Crippen molar-refractivity contribution in [3.63, 3.8) is 0 Å². The second kappa shape index (κ2) is 10.3. The molecule has 9 heteroatoms. The molecule has 2 heterocycles. The Labute approximate surface area is 195 Å². The van der Waals surface area contributed by atoms with Gasteiger partial charge in [0.1, 0.15) is 5.82 Å². The fourth-order valence-electron chi connectivity index (χ4n) is 4.03. The third-order valence-corrected chi connectivity index (χ3v) is 6.11. The Bertz CT molecular complexity index is 1240. The Morgan fingerprint density at radius 3 is 2.56 bits per heavy atom. The highest BCUT2D eigenvalue weighted by atomic mass is 79.9. The number of aryl methyl sites for hydroxylation is 1. The summed E-state index contributed by atoms with van der Waals surface area (Å²) < 4.78 is 10.5. The lowest BCUT2D eigenvalue weighted by Crippen LogP contribution is -2.37. The molecular weight excluding hydrogens is 476 g/mol. The molecule has 2 aromatic heterocycles. The highest BCUT2D eigenvalue weighted by Gasteiger charge is 2.25. The third kappa shape index (κ3) is 4.87. The first-order chi connectivity index (χ1) is 15.3. The summed E-state index contributed by atoms with van der Waals surface area (Å²) in [6, 6.07) is 7.87. The van der Waals surface area contributed by atoms with Crippen LogP contribution in [-0.4, -0.2) is 31.3 Å². The van der Waals surface area contributed by atoms with Gasteiger partial charge in [0.25, 0.3) is 5.56 Å². The van der Waals surface area contributed by atoms with E-state index in [1.165, 1.54) is 11.6 Å². The number of nitrogens with zero attached hydrogens (tertiary/aromatic N) is 4. The molecule has 0 aliphatic heterocycles. The highest BCUT2D eigenvalue weighted by molar-refractivity contribution is 9.10. The van der Waals surface area contributed by atoms with E-state index < -0.39 is 5.69 Å². The van der Waals surface area contributed by atoms with Crippen LogP contribution in [0.15, 0.2) is 38.3 Å². The summed E-state index contributed by atoms with van der Waals surface area (Å²) in [5, 5.41) is 0. The maximum atomic E-state index is 13.1. The first-order valence-electron chi connectivity index (χ1n) is 10.8. The van der Waals surface area contributed by atoms with E-state index in [2.05, 4.69) is 22.9 Å². The van der Waals surface area contributed by atoms with E-state index in [4.69, 9.17) is 9.72 Å². The number of fused-ring (bicyclic) bond motifs is 1. The molecule has 0 radical (unpaired) electrons. The molecule has 3 aromatic rings. The molecule has 0 N–H and O–H groups in total. The van der Waals surface area contributed by atoms with Crippen LogP contribution >= 0.6 is 15.9 Å². The number of hydrogen-bond acceptors (Lipinski definition) is 5. The van der Waals surface area contributed by atoms with Gasteiger partial charge in [0.05, 0.1) is 6.61 Å². The van der Waals surface area contributed by atoms with E-state index >= 15 is 0 Å². The SMILES string of the molecule is CCCC(CCC(=O)OCC)c1nc2c(c(=O)n(C)c(=O)n2C)n1Cc1cccc(Br)c1. The molecular formula is C23H29BrN4O4. The number of hydrogen-bond donors (Lipinski definition) is 0. The maximum Gasteiger partial charge on any atom is 0.332 e. The van der Waals surface area contributed by atoms with Crippen molar-refractivity contribution in [3.8, 4) is 0 Å². The second-order valence-corrected chi connectivity index (χ2v) is 8.81. The molecule has 1 atom stereocenters. The van der Waals surface area contributed by atoms with Gasteiger partial charge in [-0.2, -0.15) is 0 Å². The van der Waals surface area contributed by atoms with Crippen molar-refractivity contribution < 1.29 is 9.53 Å². The van der Waals surface area contributed by atoms with Crippen molar-refractivity contribution >= 4 is 33.1 Å². The van der Waals surface area contributed by atoms with Crippen LogP contribution in [0, 0.1) is 0 Å². The number of rotatable bonds is 9. The van der Waals surface area contributed by atoms with Crippen LogP contribution in [0.25, 0.3) is 11.2 Å². The first-order valence-corrected chi connectivity index (χ1v) is 11.6. The summed E-state index contributed by atoms with van der Waals surface area (Å²) in [7, 11) is 3.10. The van der Waals surface area contributed by atoms with Crippen LogP contribution < -0.4 is 11.2 Å². The average Bonchev–Trinajstić information content (AvgIpc) is 3.13. The molecule has 0 aliphatic carbocycles. The monoisotopic (exact) mass is 504 g/mol. The number of esters is 1. The average molecular weight is 505 g/mol. The van der Waals surface area contributed by atoms with Crippen molar-refractivity contribution in [2.24, 2.45) is 14.1 Å². The van der Waals surface area contributed by atoms with E-state index in [0.717, 1.165) is 27.4 Å². The van der Waals surface area contributed by atoms with Gasteiger partial charge in [-0.15, -0.1) is 0 Å². The standard InChI is InChI=1S/C23H29BrN4O4/c1-5-8-16(11-12-18(29)32-6-2)20-25-21-19(22(30)27(4)23(31)26(21)3)28(20)14-15-9-7-10-17(24)13-15/h7,9-10,13,16H,5-6,8,11-12,14H2,1-4H3. The van der Waals surface area contributed by atoms with Gasteiger partial charge < -0.3 is 9.30 Å². The van der Waals surface area contributed by atoms with Crippen LogP contribution in [0.2, 0.25) is 0 Å². The van der Waals surface area contributed by atoms with Crippen molar-refractivity contribution in [1.29, 1.82) is 0 Å². The predicted octanol–water partition coefficient (Wildman–Crippen LogP) is 3.47. The minimum Gasteiger partial charge on any atom is -0.466 e. The molecule has 0 aliphatic rings. The van der Waals surface area contributed by atoms with Gasteiger partial charge in [0, 0.05) is 37.5 Å². The van der Waals surface area contributed by atoms with Gasteiger partial charge in [0.15, 0.2) is 11.2 Å². The Morgan fingerprint density at radius 1 is 1.16 bits per heavy atom. The smallest absolute Gasteiger partial charge is 0.332 e. The molecule has 0 saturated carbocycles. The summed E-state index contributed by atoms with van der Waals surface area (Å²) in [6.45, 7) is 4.64. The summed E-state index contributed by atoms with van der Waals surface area (Å²) in [4.78, 5) is 42.4. The third-order valence-electron chi connectivity index (χ3n) is 5.61. The number of benzene rings is 1. The van der Waals surface area contributed by atoms with Crippen LogP contribution in [0.5, 0.6) is 0 Å². The number of aromatic nitrogens is 4. The second-order valence-electron chi connectivity index (χ2n) is 7.89. The van der Waals surface area contributed by atoms with Gasteiger partial charge in [-0.25, -0.2) is 9.78 Å². The zero-order chi connectivity index (χ0) is 23.4. The molecule has 0 fully saturated rings. The quantitative estimate of drug-likeness (QED) is 0.416. The molecule has 1 aromatic carbocycles. The lowest BCUT2D eigenvalue weighted by Gasteiger charge is -2.18. The Morgan fingerprint density at radius 2 is 1.91 bits per heavy atom. The van der Waals surface area contributed by atoms with E-state index in [1.807, 2.05) is 28.8 Å². The number of halogens is 1. The van der Waals surface area contributed by atoms with Gasteiger partial charge in [0.2, 0.25) is 0 Å². The fourth-order valence-corrected chi connectivity index (χ4v) is 4.48. The maximum absolute atomic E-state index is 13.1. The van der Waals surface area contributed by atoms with E-state index in [9.17, 15) is 14.4 Å². The summed E-state index contributed by atoms with van der Waals surface area (Å²) in [5.41, 5.74) is 0.954. The minimum atomic E-state index is -0.417. The van der Waals surface area contributed by atoms with Gasteiger partial charge in [-0.3, -0.25) is 18.7 Å². The number of ether oxygens (including phenoxy) is 1. The highest BCUT2D eigenvalue weighted by Crippen LogP contribution is 2.29. The van der Waals surface area contributed by atoms with Gasteiger partial charge >= 0.3 is 11.7 Å². The van der Waals surface area contributed by atoms with Crippen molar-refractivity contribution in [2.75, 3.05) is 6.61 Å². The number of carbonyl (C=O) groups excluding carboxylic acids is 1. The zero-order valence-corrected chi connectivity index (χ0v) is 20.5. The lowest BCUT2D eigenvalue weighted by atomic mass is 9.96. The van der Waals surface area contributed by atoms with Crippen molar-refractivity contribution in [1.82, 2.24) is 18.7 Å². The minimum absolute atomic E-state index is 0.0521. The predicted molar refractivity (Wildman–Crippen MR) is 127 cm³/mol. The summed E-state index contributed by atoms with van der Waals surface area (Å²) >= 11 is 3.50. The largest absolute Gasteiger partial charge is 0.466 e. The molecule has 0 saturated heterocycles. The van der Waals surface area contributed by atoms with Crippen molar-refractivity contribution in [3.05, 3.63) is 61.0 Å². The Balaban J connectivity index is 2.19. The Kier molecular flexibility index (Phi) is 7.71. The van der Waals surface area contributed by atoms with Gasteiger partial charge in [-0.05, 0) is 37.5 Å². The molecule has 1 unspecified atom stereocenters. The molecule has 172 valence electrons. The van der Waals surface area contributed by atoms with E-state index in [1.54, 1.807) is 14.0 Å². The lowest BCUT2D eigenvalue weighted by molar-refractivity contribution is -0.143. The van der Waals surface area contributed by atoms with E-state index in [-0.39, 0.29) is 23.9 Å². The van der Waals surface area contributed by atoms with Gasteiger partial charge in [-0.1, -0.05) is 41.4 Å². The van der Waals surface area contributed by atoms with E-state index in [0.29, 0.717) is 36.6 Å². The molecule has 3 rings (SSSR count). The first kappa shape index (κ1) is 24.0. The molecule has 0 bridgehead atoms. The normalized spacial score (nSPS) is 12.3. The van der Waals surface area contributed by atoms with Crippen molar-refractivity contribution in [2.45, 2.75) is 52.0 Å². The fraction of sp³-hybridized carbons (Fsp3) is 0.478. The summed E-state index contributed by atoms with van der Waals surface area (Å²) in [6.07, 6.45) is 2.53. The molecule has 8 nitrogen and oxygen atoms in total. The van der Waals surface area contributed by atoms with Crippen LogP contribution in [-0.2, 0) is 30.2 Å². The number of imidazole rings is 1. The van der Waals surface area contributed by atoms with Crippen LogP contribution in [0.3, 0.4) is 0 Å². The molecule has 32 heavy (non-hydrogen) atoms.